The van der Waals surface area contributed by atoms with Crippen LogP contribution >= 0.6 is 0 Å². The minimum absolute atomic E-state index is 0.421. The number of nitrogens with zero attached hydrogens (tertiary/aromatic N) is 2. The third-order valence-electron chi connectivity index (χ3n) is 4.32. The van der Waals surface area contributed by atoms with Crippen molar-refractivity contribution in [3.63, 3.8) is 0 Å². The molecule has 3 heteroatoms. The fourth-order valence-electron chi connectivity index (χ4n) is 2.75. The van der Waals surface area contributed by atoms with E-state index in [-0.39, 0.29) is 0 Å². The van der Waals surface area contributed by atoms with Crippen LogP contribution in [0.5, 0.6) is 0 Å². The van der Waals surface area contributed by atoms with Crippen LogP contribution < -0.4 is 10.2 Å². The number of piperidine rings is 1. The number of rotatable bonds is 4. The molecule has 0 aromatic heterocycles. The third-order valence-corrected chi connectivity index (χ3v) is 4.32. The zero-order chi connectivity index (χ0) is 13.8. The van der Waals surface area contributed by atoms with Crippen molar-refractivity contribution in [3.05, 3.63) is 29.8 Å². The fourth-order valence-corrected chi connectivity index (χ4v) is 2.75. The minimum Gasteiger partial charge on any atom is -0.370 e. The highest BCUT2D eigenvalue weighted by molar-refractivity contribution is 5.48. The SMILES string of the molecule is CNC(C)c1ccc(N2CCCC(N(C)C)C2)cc1. The van der Waals surface area contributed by atoms with Gasteiger partial charge >= 0.3 is 0 Å². The maximum Gasteiger partial charge on any atom is 0.0366 e. The van der Waals surface area contributed by atoms with E-state index >= 15 is 0 Å². The minimum atomic E-state index is 0.421. The first-order valence-electron chi connectivity index (χ1n) is 7.30. The van der Waals surface area contributed by atoms with Crippen LogP contribution in [0.15, 0.2) is 24.3 Å². The summed E-state index contributed by atoms with van der Waals surface area (Å²) in [5, 5.41) is 3.28. The Labute approximate surface area is 117 Å². The average molecular weight is 261 g/mol. The molecule has 0 aliphatic carbocycles. The van der Waals surface area contributed by atoms with E-state index in [1.165, 1.54) is 30.6 Å². The summed E-state index contributed by atoms with van der Waals surface area (Å²) < 4.78 is 0. The van der Waals surface area contributed by atoms with Crippen LogP contribution in [0.4, 0.5) is 5.69 Å². The first-order valence-corrected chi connectivity index (χ1v) is 7.30. The van der Waals surface area contributed by atoms with Crippen LogP contribution in [0, 0.1) is 0 Å². The summed E-state index contributed by atoms with van der Waals surface area (Å²) in [7, 11) is 6.38. The van der Waals surface area contributed by atoms with Crippen molar-refractivity contribution in [1.82, 2.24) is 10.2 Å². The van der Waals surface area contributed by atoms with Gasteiger partial charge in [-0.1, -0.05) is 12.1 Å². The Morgan fingerprint density at radius 1 is 1.26 bits per heavy atom. The van der Waals surface area contributed by atoms with Crippen LogP contribution in [-0.4, -0.2) is 45.2 Å². The van der Waals surface area contributed by atoms with Gasteiger partial charge in [-0.05, 0) is 58.6 Å². The number of nitrogens with one attached hydrogen (secondary N) is 1. The van der Waals surface area contributed by atoms with E-state index in [9.17, 15) is 0 Å². The van der Waals surface area contributed by atoms with Gasteiger partial charge < -0.3 is 15.1 Å². The fraction of sp³-hybridized carbons (Fsp3) is 0.625. The summed E-state index contributed by atoms with van der Waals surface area (Å²) in [5.74, 6) is 0. The molecule has 1 aromatic carbocycles. The van der Waals surface area contributed by atoms with Crippen LogP contribution in [0.2, 0.25) is 0 Å². The Hall–Kier alpha value is -1.06. The smallest absolute Gasteiger partial charge is 0.0366 e. The molecular formula is C16H27N3. The molecule has 2 unspecified atom stereocenters. The van der Waals surface area contributed by atoms with Crippen molar-refractivity contribution in [3.8, 4) is 0 Å². The van der Waals surface area contributed by atoms with Crippen LogP contribution in [0.25, 0.3) is 0 Å². The molecule has 1 N–H and O–H groups in total. The van der Waals surface area contributed by atoms with Crippen molar-refractivity contribution in [2.24, 2.45) is 0 Å². The molecule has 2 rings (SSSR count). The van der Waals surface area contributed by atoms with Gasteiger partial charge in [0.15, 0.2) is 0 Å². The first kappa shape index (κ1) is 14.4. The van der Waals surface area contributed by atoms with E-state index in [0.717, 1.165) is 6.54 Å². The lowest BCUT2D eigenvalue weighted by Gasteiger charge is -2.37. The molecule has 1 fully saturated rings. The Bertz CT molecular complexity index is 385. The Morgan fingerprint density at radius 2 is 1.95 bits per heavy atom. The van der Waals surface area contributed by atoms with E-state index in [4.69, 9.17) is 0 Å². The summed E-state index contributed by atoms with van der Waals surface area (Å²) >= 11 is 0. The normalized spacial score (nSPS) is 21.7. The summed E-state index contributed by atoms with van der Waals surface area (Å²) in [4.78, 5) is 4.87. The Balaban J connectivity index is 2.05. The highest BCUT2D eigenvalue weighted by Crippen LogP contribution is 2.23. The van der Waals surface area contributed by atoms with Crippen molar-refractivity contribution in [2.75, 3.05) is 39.1 Å². The van der Waals surface area contributed by atoms with Crippen LogP contribution in [0.1, 0.15) is 31.4 Å². The molecule has 0 radical (unpaired) electrons. The Kier molecular flexibility index (Phi) is 4.83. The highest BCUT2D eigenvalue weighted by atomic mass is 15.2. The predicted molar refractivity (Wildman–Crippen MR) is 82.8 cm³/mol. The van der Waals surface area contributed by atoms with Crippen molar-refractivity contribution in [1.29, 1.82) is 0 Å². The quantitative estimate of drug-likeness (QED) is 0.898. The summed E-state index contributed by atoms with van der Waals surface area (Å²) in [6, 6.07) is 10.1. The van der Waals surface area contributed by atoms with E-state index in [1.54, 1.807) is 0 Å². The zero-order valence-electron chi connectivity index (χ0n) is 12.7. The predicted octanol–water partition coefficient (Wildman–Crippen LogP) is 2.50. The molecule has 0 bridgehead atoms. The molecule has 1 aliphatic rings. The van der Waals surface area contributed by atoms with E-state index < -0.39 is 0 Å². The molecule has 1 aromatic rings. The lowest BCUT2D eigenvalue weighted by molar-refractivity contribution is 0.258. The van der Waals surface area contributed by atoms with E-state index in [0.29, 0.717) is 12.1 Å². The zero-order valence-corrected chi connectivity index (χ0v) is 12.7. The standard InChI is InChI=1S/C16H27N3/c1-13(17-2)14-7-9-15(10-8-14)19-11-5-6-16(12-19)18(3)4/h7-10,13,16-17H,5-6,11-12H2,1-4H3. The van der Waals surface area contributed by atoms with Crippen molar-refractivity contribution in [2.45, 2.75) is 31.8 Å². The molecule has 19 heavy (non-hydrogen) atoms. The molecule has 0 amide bonds. The van der Waals surface area contributed by atoms with Gasteiger partial charge in [-0.15, -0.1) is 0 Å². The number of hydrogen-bond acceptors (Lipinski definition) is 3. The number of anilines is 1. The molecule has 1 heterocycles. The molecule has 1 aliphatic heterocycles. The maximum atomic E-state index is 3.28. The van der Waals surface area contributed by atoms with Gasteiger partial charge in [0.25, 0.3) is 0 Å². The monoisotopic (exact) mass is 261 g/mol. The summed E-state index contributed by atoms with van der Waals surface area (Å²) in [5.41, 5.74) is 2.71. The maximum absolute atomic E-state index is 3.28. The average Bonchev–Trinajstić information content (AvgIpc) is 2.46. The molecular weight excluding hydrogens is 234 g/mol. The second-order valence-electron chi connectivity index (χ2n) is 5.81. The van der Waals surface area contributed by atoms with E-state index in [1.807, 2.05) is 7.05 Å². The lowest BCUT2D eigenvalue weighted by Crippen LogP contribution is -2.45. The number of likely N-dealkylation sites (N-methyl/N-ethyl adjacent to an activating group) is 1. The number of benzene rings is 1. The van der Waals surface area contributed by atoms with Gasteiger partial charge in [0, 0.05) is 30.9 Å². The van der Waals surface area contributed by atoms with Gasteiger partial charge in [-0.3, -0.25) is 0 Å². The molecule has 0 spiro atoms. The summed E-state index contributed by atoms with van der Waals surface area (Å²) in [6.45, 7) is 4.52. The summed E-state index contributed by atoms with van der Waals surface area (Å²) in [6.07, 6.45) is 2.61. The molecule has 1 saturated heterocycles. The topological polar surface area (TPSA) is 18.5 Å². The molecule has 2 atom stereocenters. The van der Waals surface area contributed by atoms with Crippen LogP contribution in [-0.2, 0) is 0 Å². The largest absolute Gasteiger partial charge is 0.370 e. The van der Waals surface area contributed by atoms with E-state index in [2.05, 4.69) is 60.4 Å². The second-order valence-corrected chi connectivity index (χ2v) is 5.81. The highest BCUT2D eigenvalue weighted by Gasteiger charge is 2.21. The van der Waals surface area contributed by atoms with Gasteiger partial charge in [-0.25, -0.2) is 0 Å². The van der Waals surface area contributed by atoms with Crippen molar-refractivity contribution >= 4 is 5.69 Å². The Morgan fingerprint density at radius 3 is 2.53 bits per heavy atom. The molecule has 106 valence electrons. The van der Waals surface area contributed by atoms with Crippen LogP contribution in [0.3, 0.4) is 0 Å². The molecule has 3 nitrogen and oxygen atoms in total. The van der Waals surface area contributed by atoms with Gasteiger partial charge in [-0.2, -0.15) is 0 Å². The second kappa shape index (κ2) is 6.40. The number of hydrogen-bond donors (Lipinski definition) is 1. The first-order chi connectivity index (χ1) is 9.11. The lowest BCUT2D eigenvalue weighted by atomic mass is 10.0. The molecule has 0 saturated carbocycles. The van der Waals surface area contributed by atoms with Gasteiger partial charge in [0.05, 0.1) is 0 Å². The third kappa shape index (κ3) is 3.48. The van der Waals surface area contributed by atoms with Crippen molar-refractivity contribution < 1.29 is 0 Å². The van der Waals surface area contributed by atoms with Gasteiger partial charge in [0.2, 0.25) is 0 Å². The van der Waals surface area contributed by atoms with Gasteiger partial charge in [0.1, 0.15) is 0 Å².